The molecule has 6 heteroatoms. The van der Waals surface area contributed by atoms with Crippen LogP contribution >= 0.6 is 0 Å². The number of amides is 1. The fourth-order valence-electron chi connectivity index (χ4n) is 3.35. The van der Waals surface area contributed by atoms with Gasteiger partial charge >= 0.3 is 0 Å². The van der Waals surface area contributed by atoms with E-state index >= 15 is 0 Å². The zero-order valence-corrected chi connectivity index (χ0v) is 16.7. The van der Waals surface area contributed by atoms with Gasteiger partial charge in [0.15, 0.2) is 0 Å². The lowest BCUT2D eigenvalue weighted by atomic mass is 10.2. The van der Waals surface area contributed by atoms with Crippen LogP contribution in [0.3, 0.4) is 0 Å². The van der Waals surface area contributed by atoms with Crippen LogP contribution in [-0.4, -0.2) is 43.2 Å². The Labute approximate surface area is 161 Å². The number of nitrogens with zero attached hydrogens (tertiary/aromatic N) is 2. The average molecular weight is 387 g/mol. The Morgan fingerprint density at radius 1 is 1.04 bits per heavy atom. The molecule has 1 saturated heterocycles. The van der Waals surface area contributed by atoms with Gasteiger partial charge in [0.1, 0.15) is 0 Å². The first-order valence-electron chi connectivity index (χ1n) is 9.27. The maximum Gasteiger partial charge on any atom is 0.244 e. The molecule has 1 aliphatic heterocycles. The van der Waals surface area contributed by atoms with E-state index in [1.54, 1.807) is 17.9 Å². The Hall–Kier alpha value is -2.18. The number of rotatable bonds is 6. The molecule has 0 saturated carbocycles. The smallest absolute Gasteiger partial charge is 0.244 e. The minimum Gasteiger partial charge on any atom is -0.342 e. The van der Waals surface area contributed by atoms with Crippen LogP contribution < -0.4 is 0 Å². The summed E-state index contributed by atoms with van der Waals surface area (Å²) in [4.78, 5) is 14.7. The van der Waals surface area contributed by atoms with E-state index in [1.165, 1.54) is 4.31 Å². The van der Waals surface area contributed by atoms with Gasteiger partial charge in [-0.3, -0.25) is 4.79 Å². The molecule has 2 aromatic carbocycles. The number of likely N-dealkylation sites (tertiary alicyclic amines) is 1. The first kappa shape index (κ1) is 19.6. The molecule has 0 bridgehead atoms. The lowest BCUT2D eigenvalue weighted by molar-refractivity contribution is -0.130. The van der Waals surface area contributed by atoms with Gasteiger partial charge in [0.05, 0.1) is 11.4 Å². The van der Waals surface area contributed by atoms with Crippen molar-refractivity contribution in [3.8, 4) is 0 Å². The molecule has 0 aromatic heterocycles. The van der Waals surface area contributed by atoms with Gasteiger partial charge in [-0.05, 0) is 49.4 Å². The third-order valence-corrected chi connectivity index (χ3v) is 6.87. The summed E-state index contributed by atoms with van der Waals surface area (Å²) in [6.45, 7) is 5.12. The van der Waals surface area contributed by atoms with E-state index in [2.05, 4.69) is 0 Å². The summed E-state index contributed by atoms with van der Waals surface area (Å²) >= 11 is 0. The molecule has 0 unspecified atom stereocenters. The maximum atomic E-state index is 13.4. The normalized spacial score (nSPS) is 14.7. The average Bonchev–Trinajstić information content (AvgIpc) is 3.19. The van der Waals surface area contributed by atoms with Crippen molar-refractivity contribution in [2.45, 2.75) is 38.1 Å². The molecule has 2 aromatic rings. The summed E-state index contributed by atoms with van der Waals surface area (Å²) in [5.41, 5.74) is 2.43. The van der Waals surface area contributed by atoms with Crippen molar-refractivity contribution < 1.29 is 13.2 Å². The number of sulfonamides is 1. The van der Waals surface area contributed by atoms with Crippen LogP contribution in [0.15, 0.2) is 53.4 Å². The third kappa shape index (κ3) is 4.57. The molecule has 0 N–H and O–H groups in total. The largest absolute Gasteiger partial charge is 0.342 e. The first-order chi connectivity index (χ1) is 12.9. The Bertz CT molecular complexity index is 904. The van der Waals surface area contributed by atoms with Crippen LogP contribution in [0.5, 0.6) is 0 Å². The fourth-order valence-corrected chi connectivity index (χ4v) is 5.04. The first-order valence-corrected chi connectivity index (χ1v) is 10.7. The number of carbonyl (C=O) groups excluding carboxylic acids is 1. The lowest BCUT2D eigenvalue weighted by Crippen LogP contribution is -2.41. The SMILES string of the molecule is Cc1ccc(C)c(S(=O)(=O)N(CC(=O)N2CCCC2)Cc2ccccc2)c1. The van der Waals surface area contributed by atoms with Crippen molar-refractivity contribution in [2.24, 2.45) is 0 Å². The molecular weight excluding hydrogens is 360 g/mol. The van der Waals surface area contributed by atoms with E-state index in [9.17, 15) is 13.2 Å². The van der Waals surface area contributed by atoms with E-state index < -0.39 is 10.0 Å². The van der Waals surface area contributed by atoms with Gasteiger partial charge in [-0.15, -0.1) is 0 Å². The number of carbonyl (C=O) groups is 1. The number of hydrogen-bond acceptors (Lipinski definition) is 3. The third-order valence-electron chi connectivity index (χ3n) is 4.93. The van der Waals surface area contributed by atoms with Gasteiger partial charge in [0.25, 0.3) is 0 Å². The molecule has 1 amide bonds. The van der Waals surface area contributed by atoms with Crippen LogP contribution in [0, 0.1) is 13.8 Å². The van der Waals surface area contributed by atoms with Gasteiger partial charge in [0, 0.05) is 19.6 Å². The highest BCUT2D eigenvalue weighted by atomic mass is 32.2. The van der Waals surface area contributed by atoms with Crippen molar-refractivity contribution in [1.29, 1.82) is 0 Å². The molecule has 3 rings (SSSR count). The molecule has 0 radical (unpaired) electrons. The molecule has 1 fully saturated rings. The number of hydrogen-bond donors (Lipinski definition) is 0. The second-order valence-corrected chi connectivity index (χ2v) is 9.02. The predicted octanol–water partition coefficient (Wildman–Crippen LogP) is 3.12. The van der Waals surface area contributed by atoms with Crippen LogP contribution in [0.4, 0.5) is 0 Å². The number of benzene rings is 2. The molecule has 1 aliphatic rings. The highest BCUT2D eigenvalue weighted by Gasteiger charge is 2.30. The van der Waals surface area contributed by atoms with Crippen molar-refractivity contribution in [3.05, 3.63) is 65.2 Å². The van der Waals surface area contributed by atoms with E-state index in [1.807, 2.05) is 49.4 Å². The van der Waals surface area contributed by atoms with Gasteiger partial charge in [0.2, 0.25) is 15.9 Å². The minimum absolute atomic E-state index is 0.127. The monoisotopic (exact) mass is 386 g/mol. The standard InChI is InChI=1S/C21H26N2O3S/c1-17-10-11-18(2)20(14-17)27(25,26)23(15-19-8-4-3-5-9-19)16-21(24)22-12-6-7-13-22/h3-5,8-11,14H,6-7,12-13,15-16H2,1-2H3. The van der Waals surface area contributed by atoms with Crippen LogP contribution in [0.1, 0.15) is 29.5 Å². The summed E-state index contributed by atoms with van der Waals surface area (Å²) in [5.74, 6) is -0.127. The second-order valence-electron chi connectivity index (χ2n) is 7.12. The molecule has 144 valence electrons. The van der Waals surface area contributed by atoms with Crippen LogP contribution in [-0.2, 0) is 21.4 Å². The number of aryl methyl sites for hydroxylation is 2. The van der Waals surface area contributed by atoms with Crippen molar-refractivity contribution >= 4 is 15.9 Å². The molecule has 5 nitrogen and oxygen atoms in total. The summed E-state index contributed by atoms with van der Waals surface area (Å²) in [7, 11) is -3.79. The maximum absolute atomic E-state index is 13.4. The zero-order valence-electron chi connectivity index (χ0n) is 15.9. The quantitative estimate of drug-likeness (QED) is 0.766. The molecule has 27 heavy (non-hydrogen) atoms. The van der Waals surface area contributed by atoms with Crippen molar-refractivity contribution in [1.82, 2.24) is 9.21 Å². The summed E-state index contributed by atoms with van der Waals surface area (Å²) < 4.78 is 28.1. The Kier molecular flexibility index (Phi) is 5.97. The fraction of sp³-hybridized carbons (Fsp3) is 0.381. The van der Waals surface area contributed by atoms with E-state index in [4.69, 9.17) is 0 Å². The Balaban J connectivity index is 1.94. The Morgan fingerprint density at radius 3 is 2.37 bits per heavy atom. The predicted molar refractivity (Wildman–Crippen MR) is 106 cm³/mol. The van der Waals surface area contributed by atoms with Gasteiger partial charge in [-0.25, -0.2) is 8.42 Å². The van der Waals surface area contributed by atoms with E-state index in [-0.39, 0.29) is 23.9 Å². The van der Waals surface area contributed by atoms with Crippen molar-refractivity contribution in [2.75, 3.05) is 19.6 Å². The molecule has 1 heterocycles. The highest BCUT2D eigenvalue weighted by Crippen LogP contribution is 2.23. The lowest BCUT2D eigenvalue weighted by Gasteiger charge is -2.25. The Morgan fingerprint density at radius 2 is 1.70 bits per heavy atom. The summed E-state index contributed by atoms with van der Waals surface area (Å²) in [6.07, 6.45) is 1.96. The van der Waals surface area contributed by atoms with E-state index in [0.717, 1.165) is 24.0 Å². The van der Waals surface area contributed by atoms with Crippen molar-refractivity contribution in [3.63, 3.8) is 0 Å². The zero-order chi connectivity index (χ0) is 19.4. The molecular formula is C21H26N2O3S. The topological polar surface area (TPSA) is 57.7 Å². The summed E-state index contributed by atoms with van der Waals surface area (Å²) in [5, 5.41) is 0. The molecule has 0 atom stereocenters. The van der Waals surface area contributed by atoms with Gasteiger partial charge < -0.3 is 4.90 Å². The molecule has 0 aliphatic carbocycles. The van der Waals surface area contributed by atoms with Gasteiger partial charge in [-0.1, -0.05) is 42.5 Å². The second kappa shape index (κ2) is 8.23. The van der Waals surface area contributed by atoms with Gasteiger partial charge in [-0.2, -0.15) is 4.31 Å². The minimum atomic E-state index is -3.79. The van der Waals surface area contributed by atoms with Crippen LogP contribution in [0.2, 0.25) is 0 Å². The highest BCUT2D eigenvalue weighted by molar-refractivity contribution is 7.89. The molecule has 0 spiro atoms. The summed E-state index contributed by atoms with van der Waals surface area (Å²) in [6, 6.07) is 14.8. The van der Waals surface area contributed by atoms with E-state index in [0.29, 0.717) is 18.7 Å². The van der Waals surface area contributed by atoms with Crippen LogP contribution in [0.25, 0.3) is 0 Å².